The molecule has 0 bridgehead atoms. The van der Waals surface area contributed by atoms with Crippen LogP contribution < -0.4 is 9.64 Å². The summed E-state index contributed by atoms with van der Waals surface area (Å²) in [6, 6.07) is 18.9. The molecule has 1 N–H and O–H groups in total. The van der Waals surface area contributed by atoms with E-state index in [0.717, 1.165) is 11.3 Å². The highest BCUT2D eigenvalue weighted by Gasteiger charge is 2.36. The monoisotopic (exact) mass is 390 g/mol. The minimum absolute atomic E-state index is 0.00651. The lowest BCUT2D eigenvalue weighted by Crippen LogP contribution is -2.59. The summed E-state index contributed by atoms with van der Waals surface area (Å²) in [6.07, 6.45) is 2.18. The molecule has 7 heteroatoms. The first-order valence-corrected chi connectivity index (χ1v) is 9.44. The molecule has 0 spiro atoms. The summed E-state index contributed by atoms with van der Waals surface area (Å²) < 4.78 is 5.30. The fourth-order valence-corrected chi connectivity index (χ4v) is 3.63. The number of aromatic nitrogens is 2. The van der Waals surface area contributed by atoms with Gasteiger partial charge in [0, 0.05) is 24.5 Å². The zero-order chi connectivity index (χ0) is 20.2. The molecule has 3 aromatic rings. The molecule has 1 saturated heterocycles. The quantitative estimate of drug-likeness (QED) is 0.726. The van der Waals surface area contributed by atoms with E-state index in [9.17, 15) is 9.59 Å². The molecule has 2 aromatic carbocycles. The largest absolute Gasteiger partial charge is 0.497 e. The molecule has 1 atom stereocenters. The second-order valence-electron chi connectivity index (χ2n) is 6.95. The Morgan fingerprint density at radius 1 is 1.17 bits per heavy atom. The van der Waals surface area contributed by atoms with E-state index in [2.05, 4.69) is 10.2 Å². The van der Waals surface area contributed by atoms with E-state index in [0.29, 0.717) is 24.4 Å². The third kappa shape index (κ3) is 3.99. The summed E-state index contributed by atoms with van der Waals surface area (Å²) in [6.45, 7) is 0.410. The maximum Gasteiger partial charge on any atom is 0.272 e. The van der Waals surface area contributed by atoms with Crippen LogP contribution in [0.1, 0.15) is 16.1 Å². The number of anilines is 1. The van der Waals surface area contributed by atoms with Gasteiger partial charge in [-0.25, -0.2) is 0 Å². The van der Waals surface area contributed by atoms with Crippen molar-refractivity contribution in [3.8, 4) is 5.75 Å². The Bertz CT molecular complexity index is 988. The van der Waals surface area contributed by atoms with Gasteiger partial charge in [0.2, 0.25) is 5.91 Å². The van der Waals surface area contributed by atoms with Crippen molar-refractivity contribution < 1.29 is 14.3 Å². The van der Waals surface area contributed by atoms with Gasteiger partial charge in [-0.05, 0) is 30.2 Å². The van der Waals surface area contributed by atoms with Crippen LogP contribution in [0.15, 0.2) is 66.9 Å². The summed E-state index contributed by atoms with van der Waals surface area (Å²) >= 11 is 0. The Morgan fingerprint density at radius 2 is 2.00 bits per heavy atom. The Kier molecular flexibility index (Phi) is 5.29. The zero-order valence-electron chi connectivity index (χ0n) is 16.1. The average molecular weight is 390 g/mol. The number of nitrogens with zero attached hydrogens (tertiary/aromatic N) is 3. The zero-order valence-corrected chi connectivity index (χ0v) is 16.1. The van der Waals surface area contributed by atoms with Gasteiger partial charge in [-0.2, -0.15) is 5.10 Å². The minimum atomic E-state index is -0.220. The van der Waals surface area contributed by atoms with Gasteiger partial charge in [-0.15, -0.1) is 0 Å². The fraction of sp³-hybridized carbons (Fsp3) is 0.227. The van der Waals surface area contributed by atoms with E-state index in [4.69, 9.17) is 4.74 Å². The molecule has 1 aliphatic heterocycles. The van der Waals surface area contributed by atoms with Crippen LogP contribution in [0.4, 0.5) is 5.69 Å². The number of ether oxygens (including phenoxy) is 1. The van der Waals surface area contributed by atoms with E-state index in [-0.39, 0.29) is 24.4 Å². The van der Waals surface area contributed by atoms with Gasteiger partial charge >= 0.3 is 0 Å². The van der Waals surface area contributed by atoms with E-state index in [1.54, 1.807) is 23.0 Å². The Morgan fingerprint density at radius 3 is 2.72 bits per heavy atom. The molecule has 29 heavy (non-hydrogen) atoms. The van der Waals surface area contributed by atoms with Gasteiger partial charge < -0.3 is 14.5 Å². The van der Waals surface area contributed by atoms with Crippen molar-refractivity contribution in [2.45, 2.75) is 12.5 Å². The van der Waals surface area contributed by atoms with Crippen molar-refractivity contribution in [3.63, 3.8) is 0 Å². The molecule has 1 fully saturated rings. The van der Waals surface area contributed by atoms with Crippen LogP contribution in [0.5, 0.6) is 5.75 Å². The number of methoxy groups -OCH3 is 1. The summed E-state index contributed by atoms with van der Waals surface area (Å²) in [7, 11) is 1.60. The number of H-pyrrole nitrogens is 1. The van der Waals surface area contributed by atoms with Crippen LogP contribution in [0.2, 0.25) is 0 Å². The fourth-order valence-electron chi connectivity index (χ4n) is 3.63. The lowest BCUT2D eigenvalue weighted by Gasteiger charge is -2.41. The van der Waals surface area contributed by atoms with Gasteiger partial charge in [-0.3, -0.25) is 14.7 Å². The van der Waals surface area contributed by atoms with E-state index >= 15 is 0 Å². The second kappa shape index (κ2) is 8.18. The summed E-state index contributed by atoms with van der Waals surface area (Å²) in [5, 5.41) is 6.57. The third-order valence-electron chi connectivity index (χ3n) is 5.11. The van der Waals surface area contributed by atoms with Gasteiger partial charge in [0.1, 0.15) is 18.0 Å². The average Bonchev–Trinajstić information content (AvgIpc) is 3.30. The molecule has 1 aromatic heterocycles. The number of piperazine rings is 1. The molecule has 7 nitrogen and oxygen atoms in total. The molecule has 0 saturated carbocycles. The van der Waals surface area contributed by atoms with Crippen LogP contribution in [-0.2, 0) is 11.2 Å². The van der Waals surface area contributed by atoms with Gasteiger partial charge in [0.15, 0.2) is 0 Å². The molecule has 2 amide bonds. The van der Waals surface area contributed by atoms with Gasteiger partial charge in [0.05, 0.1) is 13.2 Å². The highest BCUT2D eigenvalue weighted by Crippen LogP contribution is 2.26. The van der Waals surface area contributed by atoms with E-state index in [1.807, 2.05) is 54.6 Å². The van der Waals surface area contributed by atoms with E-state index < -0.39 is 0 Å². The molecule has 0 aliphatic carbocycles. The number of aromatic amines is 1. The third-order valence-corrected chi connectivity index (χ3v) is 5.11. The number of benzene rings is 2. The maximum absolute atomic E-state index is 13.0. The first kappa shape index (κ1) is 18.7. The summed E-state index contributed by atoms with van der Waals surface area (Å²) in [5.41, 5.74) is 2.26. The lowest BCUT2D eigenvalue weighted by atomic mass is 10.0. The van der Waals surface area contributed by atoms with Crippen LogP contribution in [0.25, 0.3) is 0 Å². The van der Waals surface area contributed by atoms with Crippen molar-refractivity contribution in [2.24, 2.45) is 0 Å². The first-order valence-electron chi connectivity index (χ1n) is 9.44. The molecular formula is C22H22N4O3. The Labute approximate surface area is 168 Å². The molecule has 0 unspecified atom stereocenters. The smallest absolute Gasteiger partial charge is 0.272 e. The molecule has 4 rings (SSSR count). The van der Waals surface area contributed by atoms with Crippen molar-refractivity contribution in [2.75, 3.05) is 25.1 Å². The van der Waals surface area contributed by atoms with Crippen molar-refractivity contribution in [1.82, 2.24) is 15.1 Å². The summed E-state index contributed by atoms with van der Waals surface area (Å²) in [4.78, 5) is 29.3. The Balaban J connectivity index is 1.64. The van der Waals surface area contributed by atoms with Crippen LogP contribution in [0, 0.1) is 0 Å². The number of amides is 2. The normalized spacial score (nSPS) is 16.7. The van der Waals surface area contributed by atoms with Gasteiger partial charge in [0.25, 0.3) is 5.91 Å². The Hall–Kier alpha value is -3.61. The highest BCUT2D eigenvalue weighted by molar-refractivity contribution is 6.01. The minimum Gasteiger partial charge on any atom is -0.497 e. The molecule has 0 radical (unpaired) electrons. The van der Waals surface area contributed by atoms with Crippen molar-refractivity contribution >= 4 is 17.5 Å². The number of carbonyl (C=O) groups excluding carboxylic acids is 2. The predicted molar refractivity (Wildman–Crippen MR) is 109 cm³/mol. The standard InChI is InChI=1S/C22H22N4O3/c1-29-19-9-5-8-17(13-19)25-14-18(12-16-6-3-2-4-7-16)26(15-21(25)27)22(28)20-10-11-23-24-20/h2-11,13,18H,12,14-15H2,1H3,(H,23,24)/t18-/m0/s1. The van der Waals surface area contributed by atoms with E-state index in [1.165, 1.54) is 6.20 Å². The van der Waals surface area contributed by atoms with Crippen LogP contribution >= 0.6 is 0 Å². The highest BCUT2D eigenvalue weighted by atomic mass is 16.5. The maximum atomic E-state index is 13.0. The SMILES string of the molecule is COc1cccc(N2C[C@H](Cc3ccccc3)N(C(=O)c3ccn[nH]3)CC2=O)c1. The number of hydrogen-bond acceptors (Lipinski definition) is 4. The number of hydrogen-bond donors (Lipinski definition) is 1. The van der Waals surface area contributed by atoms with Crippen LogP contribution in [-0.4, -0.2) is 53.2 Å². The molecule has 148 valence electrons. The molecular weight excluding hydrogens is 368 g/mol. The predicted octanol–water partition coefficient (Wildman–Crippen LogP) is 2.52. The van der Waals surface area contributed by atoms with Crippen molar-refractivity contribution in [3.05, 3.63) is 78.1 Å². The number of rotatable bonds is 5. The van der Waals surface area contributed by atoms with Crippen LogP contribution in [0.3, 0.4) is 0 Å². The topological polar surface area (TPSA) is 78.5 Å². The first-order chi connectivity index (χ1) is 14.2. The second-order valence-corrected chi connectivity index (χ2v) is 6.95. The number of carbonyl (C=O) groups is 2. The summed E-state index contributed by atoms with van der Waals surface area (Å²) in [5.74, 6) is 0.336. The molecule has 2 heterocycles. The van der Waals surface area contributed by atoms with Crippen molar-refractivity contribution in [1.29, 1.82) is 0 Å². The lowest BCUT2D eigenvalue weighted by molar-refractivity contribution is -0.121. The number of nitrogens with one attached hydrogen (secondary N) is 1. The van der Waals surface area contributed by atoms with Gasteiger partial charge in [-0.1, -0.05) is 36.4 Å². The molecule has 1 aliphatic rings.